The standard InChI is InChI=1S/C2H5F2N.H4N2/c3-2(4)1-5;1-2/h2H,1,5H2;1-2H2. The molecule has 6 N–H and O–H groups in total. The molecule has 0 heterocycles. The van der Waals surface area contributed by atoms with Gasteiger partial charge in [0, 0.05) is 0 Å². The van der Waals surface area contributed by atoms with Gasteiger partial charge in [-0.15, -0.1) is 0 Å². The maximum absolute atomic E-state index is 10.6. The summed E-state index contributed by atoms with van der Waals surface area (Å²) < 4.78 is 21.3. The van der Waals surface area contributed by atoms with Crippen molar-refractivity contribution in [2.75, 3.05) is 6.54 Å². The number of hydrazine groups is 1. The normalized spacial score (nSPS) is 7.71. The van der Waals surface area contributed by atoms with Crippen molar-refractivity contribution in [2.45, 2.75) is 6.43 Å². The molecule has 0 aliphatic heterocycles. The Morgan fingerprint density at radius 3 is 1.43 bits per heavy atom. The molecule has 0 unspecified atom stereocenters. The van der Waals surface area contributed by atoms with Crippen LogP contribution in [0.3, 0.4) is 0 Å². The fourth-order valence-corrected chi connectivity index (χ4v) is 0. The molecule has 0 aromatic carbocycles. The van der Waals surface area contributed by atoms with Crippen molar-refractivity contribution in [1.82, 2.24) is 0 Å². The van der Waals surface area contributed by atoms with Gasteiger partial charge < -0.3 is 5.73 Å². The molecule has 3 nitrogen and oxygen atoms in total. The molecule has 0 saturated heterocycles. The molecule has 0 aliphatic carbocycles. The summed E-state index contributed by atoms with van der Waals surface area (Å²) in [7, 11) is 0. The number of alkyl halides is 2. The third-order valence-electron chi connectivity index (χ3n) is 0.178. The second-order valence-corrected chi connectivity index (χ2v) is 0.627. The molecule has 0 aromatic heterocycles. The lowest BCUT2D eigenvalue weighted by atomic mass is 10.7. The summed E-state index contributed by atoms with van der Waals surface area (Å²) in [6.45, 7) is -0.528. The summed E-state index contributed by atoms with van der Waals surface area (Å²) in [6, 6.07) is 0. The van der Waals surface area contributed by atoms with Crippen LogP contribution < -0.4 is 17.4 Å². The Balaban J connectivity index is 0. The Labute approximate surface area is 40.4 Å². The highest BCUT2D eigenvalue weighted by atomic mass is 19.3. The fraction of sp³-hybridized carbons (Fsp3) is 1.00. The summed E-state index contributed by atoms with van der Waals surface area (Å²) in [5.41, 5.74) is 4.42. The van der Waals surface area contributed by atoms with Crippen LogP contribution in [0.1, 0.15) is 0 Å². The van der Waals surface area contributed by atoms with E-state index in [-0.39, 0.29) is 0 Å². The van der Waals surface area contributed by atoms with E-state index < -0.39 is 13.0 Å². The predicted octanol–water partition coefficient (Wildman–Crippen LogP) is -0.971. The second-order valence-electron chi connectivity index (χ2n) is 0.627. The van der Waals surface area contributed by atoms with Crippen LogP contribution in [0.15, 0.2) is 0 Å². The number of nitrogens with two attached hydrogens (primary N) is 3. The predicted molar refractivity (Wildman–Crippen MR) is 23.4 cm³/mol. The number of hydrogen-bond acceptors (Lipinski definition) is 3. The Morgan fingerprint density at radius 2 is 1.43 bits per heavy atom. The molecule has 46 valence electrons. The number of halogens is 2. The molecule has 0 fully saturated rings. The van der Waals surface area contributed by atoms with Gasteiger partial charge in [0.1, 0.15) is 0 Å². The quantitative estimate of drug-likeness (QED) is 0.302. The van der Waals surface area contributed by atoms with Crippen molar-refractivity contribution in [3.63, 3.8) is 0 Å². The Hall–Kier alpha value is -0.260. The minimum absolute atomic E-state index is 0.528. The van der Waals surface area contributed by atoms with Crippen LogP contribution in [-0.4, -0.2) is 13.0 Å². The first-order valence-electron chi connectivity index (χ1n) is 1.59. The van der Waals surface area contributed by atoms with E-state index in [4.69, 9.17) is 0 Å². The van der Waals surface area contributed by atoms with Crippen molar-refractivity contribution < 1.29 is 8.78 Å². The zero-order valence-electron chi connectivity index (χ0n) is 3.77. The van der Waals surface area contributed by atoms with Gasteiger partial charge in [-0.1, -0.05) is 0 Å². The average molecular weight is 113 g/mol. The van der Waals surface area contributed by atoms with E-state index in [1.54, 1.807) is 0 Å². The van der Waals surface area contributed by atoms with Crippen molar-refractivity contribution in [3.05, 3.63) is 0 Å². The van der Waals surface area contributed by atoms with Crippen LogP contribution >= 0.6 is 0 Å². The summed E-state index contributed by atoms with van der Waals surface area (Å²) in [4.78, 5) is 0. The van der Waals surface area contributed by atoms with E-state index in [0.717, 1.165) is 0 Å². The third kappa shape index (κ3) is 26.5. The molecule has 7 heavy (non-hydrogen) atoms. The van der Waals surface area contributed by atoms with E-state index >= 15 is 0 Å². The average Bonchev–Trinajstić information content (AvgIpc) is 1.73. The molecular weight excluding hydrogens is 104 g/mol. The SMILES string of the molecule is NCC(F)F.NN. The molecule has 0 atom stereocenters. The first-order chi connectivity index (χ1) is 3.27. The highest BCUT2D eigenvalue weighted by Crippen LogP contribution is 1.82. The zero-order valence-corrected chi connectivity index (χ0v) is 3.77. The lowest BCUT2D eigenvalue weighted by Gasteiger charge is -1.82. The van der Waals surface area contributed by atoms with E-state index in [1.165, 1.54) is 0 Å². The highest BCUT2D eigenvalue weighted by molar-refractivity contribution is 4.30. The van der Waals surface area contributed by atoms with Gasteiger partial charge in [0.15, 0.2) is 0 Å². The van der Waals surface area contributed by atoms with Crippen LogP contribution in [0.5, 0.6) is 0 Å². The van der Waals surface area contributed by atoms with Gasteiger partial charge in [0.25, 0.3) is 6.43 Å². The first-order valence-corrected chi connectivity index (χ1v) is 1.59. The first kappa shape index (κ1) is 9.88. The number of hydrogen-bond donors (Lipinski definition) is 3. The lowest BCUT2D eigenvalue weighted by Crippen LogP contribution is -2.08. The Morgan fingerprint density at radius 1 is 1.29 bits per heavy atom. The van der Waals surface area contributed by atoms with Crippen LogP contribution in [0.25, 0.3) is 0 Å². The van der Waals surface area contributed by atoms with Crippen molar-refractivity contribution in [3.8, 4) is 0 Å². The summed E-state index contributed by atoms with van der Waals surface area (Å²) in [5, 5.41) is 0. The van der Waals surface area contributed by atoms with E-state index in [1.807, 2.05) is 0 Å². The summed E-state index contributed by atoms with van der Waals surface area (Å²) >= 11 is 0. The van der Waals surface area contributed by atoms with Gasteiger partial charge >= 0.3 is 0 Å². The van der Waals surface area contributed by atoms with Gasteiger partial charge in [-0.25, -0.2) is 8.78 Å². The third-order valence-corrected chi connectivity index (χ3v) is 0.178. The maximum Gasteiger partial charge on any atom is 0.250 e. The zero-order chi connectivity index (χ0) is 6.28. The largest absolute Gasteiger partial charge is 0.325 e. The highest BCUT2D eigenvalue weighted by Gasteiger charge is 1.91. The molecule has 0 aliphatic rings. The van der Waals surface area contributed by atoms with Crippen molar-refractivity contribution in [2.24, 2.45) is 17.4 Å². The molecule has 5 heteroatoms. The van der Waals surface area contributed by atoms with E-state index in [0.29, 0.717) is 0 Å². The van der Waals surface area contributed by atoms with Crippen LogP contribution in [0.2, 0.25) is 0 Å². The van der Waals surface area contributed by atoms with Gasteiger partial charge in [-0.3, -0.25) is 11.7 Å². The molecular formula is C2H9F2N3. The monoisotopic (exact) mass is 113 g/mol. The second kappa shape index (κ2) is 9.22. The molecule has 0 aromatic rings. The molecule has 0 bridgehead atoms. The van der Waals surface area contributed by atoms with Crippen LogP contribution in [0.4, 0.5) is 8.78 Å². The molecule has 0 saturated carbocycles. The van der Waals surface area contributed by atoms with Crippen molar-refractivity contribution >= 4 is 0 Å². The van der Waals surface area contributed by atoms with Gasteiger partial charge in [-0.2, -0.15) is 0 Å². The van der Waals surface area contributed by atoms with Crippen LogP contribution in [0, 0.1) is 0 Å². The maximum atomic E-state index is 10.6. The molecule has 0 rings (SSSR count). The minimum Gasteiger partial charge on any atom is -0.325 e. The smallest absolute Gasteiger partial charge is 0.250 e. The van der Waals surface area contributed by atoms with Crippen molar-refractivity contribution in [1.29, 1.82) is 0 Å². The van der Waals surface area contributed by atoms with Gasteiger partial charge in [-0.05, 0) is 0 Å². The Bertz CT molecular complexity index is 24.9. The lowest BCUT2D eigenvalue weighted by molar-refractivity contribution is 0.158. The fourth-order valence-electron chi connectivity index (χ4n) is 0. The Kier molecular flexibility index (Phi) is 13.0. The van der Waals surface area contributed by atoms with Gasteiger partial charge in [0.2, 0.25) is 0 Å². The summed E-state index contributed by atoms with van der Waals surface area (Å²) in [5.74, 6) is 8.00. The minimum atomic E-state index is -2.34. The van der Waals surface area contributed by atoms with Gasteiger partial charge in [0.05, 0.1) is 6.54 Å². The molecule has 0 radical (unpaired) electrons. The molecule has 0 spiro atoms. The van der Waals surface area contributed by atoms with Crippen LogP contribution in [-0.2, 0) is 0 Å². The molecule has 0 amide bonds. The van der Waals surface area contributed by atoms with E-state index in [2.05, 4.69) is 17.4 Å². The number of rotatable bonds is 1. The topological polar surface area (TPSA) is 78.1 Å². The summed E-state index contributed by atoms with van der Waals surface area (Å²) in [6.07, 6.45) is -2.34. The van der Waals surface area contributed by atoms with E-state index in [9.17, 15) is 8.78 Å².